The maximum absolute atomic E-state index is 5.65. The Morgan fingerprint density at radius 3 is 2.79 bits per heavy atom. The van der Waals surface area contributed by atoms with Crippen LogP contribution in [0.15, 0.2) is 41.7 Å². The summed E-state index contributed by atoms with van der Waals surface area (Å²) in [6, 6.07) is 8.01. The molecule has 1 aromatic carbocycles. The van der Waals surface area contributed by atoms with Crippen molar-refractivity contribution < 1.29 is 4.74 Å². The highest BCUT2D eigenvalue weighted by molar-refractivity contribution is 5.79. The van der Waals surface area contributed by atoms with Gasteiger partial charge in [0.05, 0.1) is 25.9 Å². The maximum Gasteiger partial charge on any atom is 0.191 e. The molecule has 2 rings (SSSR count). The van der Waals surface area contributed by atoms with Crippen molar-refractivity contribution in [2.45, 2.75) is 33.9 Å². The zero-order valence-corrected chi connectivity index (χ0v) is 14.7. The Morgan fingerprint density at radius 1 is 1.25 bits per heavy atom. The monoisotopic (exact) mass is 329 g/mol. The second-order valence-corrected chi connectivity index (χ2v) is 5.44. The molecular weight excluding hydrogens is 302 g/mol. The third kappa shape index (κ3) is 5.61. The van der Waals surface area contributed by atoms with Gasteiger partial charge < -0.3 is 15.4 Å². The van der Waals surface area contributed by atoms with Crippen LogP contribution in [-0.4, -0.2) is 35.4 Å². The Labute approximate surface area is 143 Å². The fraction of sp³-hybridized carbons (Fsp3) is 0.444. The molecule has 130 valence electrons. The van der Waals surface area contributed by atoms with Crippen LogP contribution in [0.3, 0.4) is 0 Å². The SMILES string of the molecule is CCNC(=NCc1ccccc1OCC)NCCn1cc(C)cn1. The number of ether oxygens (including phenoxy) is 1. The number of guanidine groups is 1. The number of para-hydroxylation sites is 1. The van der Waals surface area contributed by atoms with Gasteiger partial charge in [0.25, 0.3) is 0 Å². The van der Waals surface area contributed by atoms with Gasteiger partial charge in [-0.15, -0.1) is 0 Å². The normalized spacial score (nSPS) is 11.4. The summed E-state index contributed by atoms with van der Waals surface area (Å²) in [6.07, 6.45) is 3.90. The number of aromatic nitrogens is 2. The molecule has 6 nitrogen and oxygen atoms in total. The maximum atomic E-state index is 5.65. The van der Waals surface area contributed by atoms with E-state index in [9.17, 15) is 0 Å². The molecule has 0 aliphatic rings. The summed E-state index contributed by atoms with van der Waals surface area (Å²) in [5.41, 5.74) is 2.25. The van der Waals surface area contributed by atoms with Gasteiger partial charge in [-0.1, -0.05) is 18.2 Å². The van der Waals surface area contributed by atoms with Crippen molar-refractivity contribution in [2.75, 3.05) is 19.7 Å². The van der Waals surface area contributed by atoms with Gasteiger partial charge in [0.1, 0.15) is 5.75 Å². The third-order valence-corrected chi connectivity index (χ3v) is 3.42. The van der Waals surface area contributed by atoms with Crippen molar-refractivity contribution in [2.24, 2.45) is 4.99 Å². The minimum atomic E-state index is 0.576. The molecule has 0 saturated carbocycles. The zero-order chi connectivity index (χ0) is 17.2. The van der Waals surface area contributed by atoms with E-state index in [4.69, 9.17) is 4.74 Å². The van der Waals surface area contributed by atoms with Crippen molar-refractivity contribution in [3.05, 3.63) is 47.8 Å². The molecule has 0 unspecified atom stereocenters. The average Bonchev–Trinajstić information content (AvgIpc) is 2.99. The fourth-order valence-corrected chi connectivity index (χ4v) is 2.31. The first-order valence-electron chi connectivity index (χ1n) is 8.44. The van der Waals surface area contributed by atoms with Gasteiger partial charge in [-0.05, 0) is 32.4 Å². The van der Waals surface area contributed by atoms with Crippen LogP contribution in [0.2, 0.25) is 0 Å². The van der Waals surface area contributed by atoms with Gasteiger partial charge in [0, 0.05) is 24.8 Å². The number of nitrogens with zero attached hydrogens (tertiary/aromatic N) is 3. The molecule has 2 N–H and O–H groups in total. The summed E-state index contributed by atoms with van der Waals surface area (Å²) in [7, 11) is 0. The van der Waals surface area contributed by atoms with Gasteiger partial charge >= 0.3 is 0 Å². The Hall–Kier alpha value is -2.50. The molecule has 0 bridgehead atoms. The van der Waals surface area contributed by atoms with Crippen molar-refractivity contribution in [1.82, 2.24) is 20.4 Å². The van der Waals surface area contributed by atoms with E-state index in [1.54, 1.807) is 0 Å². The Morgan fingerprint density at radius 2 is 2.08 bits per heavy atom. The van der Waals surface area contributed by atoms with E-state index in [1.807, 2.05) is 55.2 Å². The molecule has 0 saturated heterocycles. The summed E-state index contributed by atoms with van der Waals surface area (Å²) >= 11 is 0. The average molecular weight is 329 g/mol. The zero-order valence-electron chi connectivity index (χ0n) is 14.7. The smallest absolute Gasteiger partial charge is 0.191 e. The van der Waals surface area contributed by atoms with Crippen LogP contribution in [0, 0.1) is 6.92 Å². The quantitative estimate of drug-likeness (QED) is 0.576. The molecule has 0 aliphatic heterocycles. The number of aliphatic imine (C=N–C) groups is 1. The van der Waals surface area contributed by atoms with E-state index in [2.05, 4.69) is 27.6 Å². The predicted octanol–water partition coefficient (Wildman–Crippen LogP) is 2.35. The number of aryl methyl sites for hydroxylation is 1. The van der Waals surface area contributed by atoms with E-state index in [0.717, 1.165) is 36.9 Å². The van der Waals surface area contributed by atoms with Crippen LogP contribution in [0.1, 0.15) is 25.0 Å². The molecular formula is C18H27N5O. The van der Waals surface area contributed by atoms with Crippen LogP contribution in [0.5, 0.6) is 5.75 Å². The Kier molecular flexibility index (Phi) is 7.14. The molecule has 0 spiro atoms. The second-order valence-electron chi connectivity index (χ2n) is 5.44. The first kappa shape index (κ1) is 17.8. The van der Waals surface area contributed by atoms with Crippen LogP contribution in [-0.2, 0) is 13.1 Å². The van der Waals surface area contributed by atoms with Crippen LogP contribution < -0.4 is 15.4 Å². The van der Waals surface area contributed by atoms with Gasteiger partial charge in [-0.2, -0.15) is 5.10 Å². The number of nitrogens with one attached hydrogen (secondary N) is 2. The number of hydrogen-bond donors (Lipinski definition) is 2. The highest BCUT2D eigenvalue weighted by atomic mass is 16.5. The molecule has 0 atom stereocenters. The summed E-state index contributed by atoms with van der Waals surface area (Å²) < 4.78 is 7.58. The van der Waals surface area contributed by atoms with E-state index >= 15 is 0 Å². The van der Waals surface area contributed by atoms with Crippen molar-refractivity contribution >= 4 is 5.96 Å². The molecule has 24 heavy (non-hydrogen) atoms. The van der Waals surface area contributed by atoms with Gasteiger partial charge in [-0.3, -0.25) is 4.68 Å². The van der Waals surface area contributed by atoms with E-state index in [1.165, 1.54) is 5.56 Å². The minimum Gasteiger partial charge on any atom is -0.494 e. The lowest BCUT2D eigenvalue weighted by Crippen LogP contribution is -2.38. The summed E-state index contributed by atoms with van der Waals surface area (Å²) in [5, 5.41) is 10.9. The standard InChI is InChI=1S/C18H27N5O/c1-4-19-18(20-10-11-23-14-15(3)12-22-23)21-13-16-8-6-7-9-17(16)24-5-2/h6-9,12,14H,4-5,10-11,13H2,1-3H3,(H2,19,20,21). The van der Waals surface area contributed by atoms with Crippen molar-refractivity contribution in [1.29, 1.82) is 0 Å². The fourth-order valence-electron chi connectivity index (χ4n) is 2.31. The van der Waals surface area contributed by atoms with Crippen LogP contribution in [0.4, 0.5) is 0 Å². The minimum absolute atomic E-state index is 0.576. The molecule has 2 aromatic rings. The predicted molar refractivity (Wildman–Crippen MR) is 97.4 cm³/mol. The largest absolute Gasteiger partial charge is 0.494 e. The molecule has 0 aliphatic carbocycles. The van der Waals surface area contributed by atoms with Gasteiger partial charge in [0.2, 0.25) is 0 Å². The number of benzene rings is 1. The molecule has 0 radical (unpaired) electrons. The summed E-state index contributed by atoms with van der Waals surface area (Å²) in [5.74, 6) is 1.69. The van der Waals surface area contributed by atoms with E-state index in [0.29, 0.717) is 13.2 Å². The molecule has 6 heteroatoms. The third-order valence-electron chi connectivity index (χ3n) is 3.42. The highest BCUT2D eigenvalue weighted by Crippen LogP contribution is 2.18. The lowest BCUT2D eigenvalue weighted by Gasteiger charge is -2.12. The van der Waals surface area contributed by atoms with E-state index < -0.39 is 0 Å². The number of hydrogen-bond acceptors (Lipinski definition) is 3. The van der Waals surface area contributed by atoms with Crippen LogP contribution >= 0.6 is 0 Å². The van der Waals surface area contributed by atoms with Gasteiger partial charge in [-0.25, -0.2) is 4.99 Å². The lowest BCUT2D eigenvalue weighted by molar-refractivity contribution is 0.336. The molecule has 0 amide bonds. The lowest BCUT2D eigenvalue weighted by atomic mass is 10.2. The highest BCUT2D eigenvalue weighted by Gasteiger charge is 2.03. The Bertz CT molecular complexity index is 650. The van der Waals surface area contributed by atoms with Crippen molar-refractivity contribution in [3.63, 3.8) is 0 Å². The summed E-state index contributed by atoms with van der Waals surface area (Å²) in [4.78, 5) is 4.65. The van der Waals surface area contributed by atoms with Crippen LogP contribution in [0.25, 0.3) is 0 Å². The van der Waals surface area contributed by atoms with E-state index in [-0.39, 0.29) is 0 Å². The second kappa shape index (κ2) is 9.60. The first-order chi connectivity index (χ1) is 11.7. The molecule has 1 heterocycles. The molecule has 0 fully saturated rings. The number of rotatable bonds is 8. The van der Waals surface area contributed by atoms with Crippen molar-refractivity contribution in [3.8, 4) is 5.75 Å². The first-order valence-corrected chi connectivity index (χ1v) is 8.44. The molecule has 1 aromatic heterocycles. The summed E-state index contributed by atoms with van der Waals surface area (Å²) in [6.45, 7) is 9.70. The Balaban J connectivity index is 1.92. The van der Waals surface area contributed by atoms with Gasteiger partial charge in [0.15, 0.2) is 5.96 Å². The topological polar surface area (TPSA) is 63.5 Å².